The van der Waals surface area contributed by atoms with Gasteiger partial charge < -0.3 is 5.32 Å². The monoisotopic (exact) mass is 368 g/mol. The zero-order valence-electron chi connectivity index (χ0n) is 14.3. The van der Waals surface area contributed by atoms with Gasteiger partial charge in [-0.15, -0.1) is 11.3 Å². The van der Waals surface area contributed by atoms with Crippen molar-refractivity contribution in [3.8, 4) is 0 Å². The second-order valence-electron chi connectivity index (χ2n) is 6.29. The lowest BCUT2D eigenvalue weighted by Crippen LogP contribution is -2.29. The summed E-state index contributed by atoms with van der Waals surface area (Å²) in [4.78, 5) is 24.3. The van der Waals surface area contributed by atoms with Gasteiger partial charge >= 0.3 is 0 Å². The number of thiazole rings is 1. The van der Waals surface area contributed by atoms with E-state index in [0.29, 0.717) is 18.1 Å². The third kappa shape index (κ3) is 4.14. The lowest BCUT2D eigenvalue weighted by atomic mass is 10.1. The fourth-order valence-electron chi connectivity index (χ4n) is 3.02. The van der Waals surface area contributed by atoms with Crippen molar-refractivity contribution in [1.29, 1.82) is 0 Å². The van der Waals surface area contributed by atoms with Gasteiger partial charge in [0.2, 0.25) is 5.91 Å². The van der Waals surface area contributed by atoms with Crippen LogP contribution in [0.5, 0.6) is 0 Å². The first-order valence-corrected chi connectivity index (χ1v) is 9.45. The Morgan fingerprint density at radius 1 is 1.27 bits per heavy atom. The van der Waals surface area contributed by atoms with Crippen LogP contribution in [0.25, 0.3) is 0 Å². The minimum atomic E-state index is -0.0484. The first-order chi connectivity index (χ1) is 12.8. The van der Waals surface area contributed by atoms with Gasteiger partial charge in [-0.2, -0.15) is 5.10 Å². The van der Waals surface area contributed by atoms with Gasteiger partial charge in [0.1, 0.15) is 12.7 Å². The highest BCUT2D eigenvalue weighted by molar-refractivity contribution is 7.15. The second-order valence-corrected chi connectivity index (χ2v) is 7.38. The van der Waals surface area contributed by atoms with Crippen LogP contribution in [0.2, 0.25) is 0 Å². The van der Waals surface area contributed by atoms with Gasteiger partial charge in [-0.1, -0.05) is 30.3 Å². The standard InChI is InChI=1S/C18H20N6OS/c25-17(7-9-24-13-19-12-20-24)22-18-21-15-6-8-23(11-16(15)26-18)10-14-4-2-1-3-5-14/h1-5,12-13H,6-11H2,(H,21,22,25). The van der Waals surface area contributed by atoms with Crippen LogP contribution >= 0.6 is 11.3 Å². The molecule has 1 N–H and O–H groups in total. The highest BCUT2D eigenvalue weighted by Crippen LogP contribution is 2.29. The summed E-state index contributed by atoms with van der Waals surface area (Å²) < 4.78 is 1.65. The van der Waals surface area contributed by atoms with Crippen LogP contribution < -0.4 is 5.32 Å². The summed E-state index contributed by atoms with van der Waals surface area (Å²) in [6.45, 7) is 3.33. The molecule has 0 spiro atoms. The third-order valence-corrected chi connectivity index (χ3v) is 5.34. The Morgan fingerprint density at radius 3 is 2.96 bits per heavy atom. The Morgan fingerprint density at radius 2 is 2.15 bits per heavy atom. The van der Waals surface area contributed by atoms with E-state index in [1.54, 1.807) is 22.3 Å². The first kappa shape index (κ1) is 16.9. The largest absolute Gasteiger partial charge is 0.302 e. The van der Waals surface area contributed by atoms with E-state index in [4.69, 9.17) is 0 Å². The SMILES string of the molecule is O=C(CCn1cncn1)Nc1nc2c(s1)CN(Cc1ccccc1)CC2. The Hall–Kier alpha value is -2.58. The van der Waals surface area contributed by atoms with E-state index in [0.717, 1.165) is 31.7 Å². The normalized spacial score (nSPS) is 14.2. The van der Waals surface area contributed by atoms with Crippen LogP contribution in [0.15, 0.2) is 43.0 Å². The van der Waals surface area contributed by atoms with Crippen LogP contribution in [-0.2, 0) is 30.8 Å². The minimum Gasteiger partial charge on any atom is -0.302 e. The van der Waals surface area contributed by atoms with Gasteiger partial charge in [-0.05, 0) is 5.56 Å². The molecule has 0 unspecified atom stereocenters. The highest BCUT2D eigenvalue weighted by Gasteiger charge is 2.21. The maximum atomic E-state index is 12.1. The summed E-state index contributed by atoms with van der Waals surface area (Å²) in [5.41, 5.74) is 2.44. The van der Waals surface area contributed by atoms with E-state index in [2.05, 4.69) is 49.5 Å². The lowest BCUT2D eigenvalue weighted by Gasteiger charge is -2.25. The summed E-state index contributed by atoms with van der Waals surface area (Å²) in [5, 5.41) is 7.61. The van der Waals surface area contributed by atoms with E-state index in [9.17, 15) is 4.79 Å². The first-order valence-electron chi connectivity index (χ1n) is 8.63. The number of benzene rings is 1. The van der Waals surface area contributed by atoms with Crippen molar-refractivity contribution < 1.29 is 4.79 Å². The number of nitrogens with one attached hydrogen (secondary N) is 1. The average Bonchev–Trinajstić information content (AvgIpc) is 3.29. The molecular formula is C18H20N6OS. The van der Waals surface area contributed by atoms with Gasteiger partial charge in [0, 0.05) is 37.4 Å². The molecule has 7 nitrogen and oxygen atoms in total. The number of aromatic nitrogens is 4. The number of fused-ring (bicyclic) bond motifs is 1. The topological polar surface area (TPSA) is 75.9 Å². The molecule has 3 heterocycles. The van der Waals surface area contributed by atoms with Crippen LogP contribution in [0.1, 0.15) is 22.6 Å². The number of rotatable bonds is 6. The van der Waals surface area contributed by atoms with Crippen molar-refractivity contribution in [2.75, 3.05) is 11.9 Å². The number of amides is 1. The Kier molecular flexibility index (Phi) is 5.03. The van der Waals surface area contributed by atoms with Gasteiger partial charge in [0.25, 0.3) is 0 Å². The zero-order valence-corrected chi connectivity index (χ0v) is 15.2. The molecule has 3 aromatic rings. The zero-order chi connectivity index (χ0) is 17.8. The van der Waals surface area contributed by atoms with Crippen molar-refractivity contribution in [3.05, 3.63) is 59.1 Å². The van der Waals surface area contributed by atoms with Gasteiger partial charge in [0.15, 0.2) is 5.13 Å². The second kappa shape index (κ2) is 7.76. The van der Waals surface area contributed by atoms with Crippen molar-refractivity contribution >= 4 is 22.4 Å². The summed E-state index contributed by atoms with van der Waals surface area (Å²) >= 11 is 1.58. The smallest absolute Gasteiger partial charge is 0.228 e. The molecular weight excluding hydrogens is 348 g/mol. The van der Waals surface area contributed by atoms with Crippen LogP contribution in [-0.4, -0.2) is 37.1 Å². The third-order valence-electron chi connectivity index (χ3n) is 4.34. The Balaban J connectivity index is 1.33. The number of aryl methyl sites for hydroxylation is 1. The number of anilines is 1. The van der Waals surface area contributed by atoms with Crippen molar-refractivity contribution in [1.82, 2.24) is 24.6 Å². The molecule has 0 atom stereocenters. The molecule has 2 aromatic heterocycles. The molecule has 0 aliphatic carbocycles. The molecule has 1 aliphatic rings. The molecule has 0 saturated heterocycles. The predicted octanol–water partition coefficient (Wildman–Crippen LogP) is 2.32. The van der Waals surface area contributed by atoms with Crippen molar-refractivity contribution in [2.45, 2.75) is 32.5 Å². The number of hydrogen-bond donors (Lipinski definition) is 1. The quantitative estimate of drug-likeness (QED) is 0.723. The average molecular weight is 368 g/mol. The maximum Gasteiger partial charge on any atom is 0.228 e. The van der Waals surface area contributed by atoms with Gasteiger partial charge in [-0.25, -0.2) is 9.97 Å². The Bertz CT molecular complexity index is 861. The molecule has 0 fully saturated rings. The van der Waals surface area contributed by atoms with E-state index >= 15 is 0 Å². The van der Waals surface area contributed by atoms with Crippen molar-refractivity contribution in [3.63, 3.8) is 0 Å². The summed E-state index contributed by atoms with van der Waals surface area (Å²) in [5.74, 6) is -0.0484. The molecule has 134 valence electrons. The highest BCUT2D eigenvalue weighted by atomic mass is 32.1. The number of carbonyl (C=O) groups excluding carboxylic acids is 1. The lowest BCUT2D eigenvalue weighted by molar-refractivity contribution is -0.116. The van der Waals surface area contributed by atoms with Gasteiger partial charge in [-0.3, -0.25) is 14.4 Å². The molecule has 1 amide bonds. The molecule has 1 aromatic carbocycles. The van der Waals surface area contributed by atoms with Crippen LogP contribution in [0.3, 0.4) is 0 Å². The van der Waals surface area contributed by atoms with Crippen molar-refractivity contribution in [2.24, 2.45) is 0 Å². The molecule has 8 heteroatoms. The molecule has 1 aliphatic heterocycles. The number of nitrogens with zero attached hydrogens (tertiary/aromatic N) is 5. The van der Waals surface area contributed by atoms with E-state index in [1.165, 1.54) is 16.8 Å². The summed E-state index contributed by atoms with van der Waals surface area (Å²) in [6.07, 6.45) is 4.35. The van der Waals surface area contributed by atoms with E-state index in [-0.39, 0.29) is 5.91 Å². The van der Waals surface area contributed by atoms with Gasteiger partial charge in [0.05, 0.1) is 12.2 Å². The fraction of sp³-hybridized carbons (Fsp3) is 0.333. The molecule has 26 heavy (non-hydrogen) atoms. The summed E-state index contributed by atoms with van der Waals surface area (Å²) in [6, 6.07) is 10.5. The van der Waals surface area contributed by atoms with Crippen LogP contribution in [0.4, 0.5) is 5.13 Å². The fourth-order valence-corrected chi connectivity index (χ4v) is 4.09. The van der Waals surface area contributed by atoms with Crippen LogP contribution in [0, 0.1) is 0 Å². The maximum absolute atomic E-state index is 12.1. The Labute approximate surface area is 155 Å². The van der Waals surface area contributed by atoms with E-state index in [1.807, 2.05) is 6.07 Å². The molecule has 0 saturated carbocycles. The molecule has 0 bridgehead atoms. The molecule has 4 rings (SSSR count). The molecule has 0 radical (unpaired) electrons. The predicted molar refractivity (Wildman–Crippen MR) is 99.6 cm³/mol. The minimum absolute atomic E-state index is 0.0484. The van der Waals surface area contributed by atoms with E-state index < -0.39 is 0 Å². The number of carbonyl (C=O) groups is 1. The number of hydrogen-bond acceptors (Lipinski definition) is 6. The summed E-state index contributed by atoms with van der Waals surface area (Å²) in [7, 11) is 0.